The molecule has 16 heavy (non-hydrogen) atoms. The van der Waals surface area contributed by atoms with Crippen LogP contribution >= 0.6 is 0 Å². The molecule has 0 radical (unpaired) electrons. The van der Waals surface area contributed by atoms with E-state index in [2.05, 4.69) is 11.9 Å². The molecule has 1 aromatic rings. The summed E-state index contributed by atoms with van der Waals surface area (Å²) in [4.78, 5) is 3.95. The van der Waals surface area contributed by atoms with E-state index in [1.54, 1.807) is 12.4 Å². The van der Waals surface area contributed by atoms with Crippen molar-refractivity contribution in [3.8, 4) is 5.75 Å². The first kappa shape index (κ1) is 13.0. The van der Waals surface area contributed by atoms with Gasteiger partial charge in [0.2, 0.25) is 0 Å². The largest absolute Gasteiger partial charge is 0.493 e. The van der Waals surface area contributed by atoms with Crippen molar-refractivity contribution in [1.29, 1.82) is 0 Å². The maximum Gasteiger partial charge on any atom is 0.122 e. The van der Waals surface area contributed by atoms with Crippen molar-refractivity contribution >= 4 is 0 Å². The Morgan fingerprint density at radius 2 is 1.56 bits per heavy atom. The standard InChI is InChI=1S/C14H23NO/c1-2-3-4-5-6-7-8-13-16-14-9-11-15-12-10-14/h9-12H,2-8,13H2,1H3. The molecule has 0 saturated heterocycles. The monoisotopic (exact) mass is 221 g/mol. The third kappa shape index (κ3) is 6.44. The second-order valence-corrected chi connectivity index (χ2v) is 4.15. The molecule has 90 valence electrons. The van der Waals surface area contributed by atoms with Crippen molar-refractivity contribution < 1.29 is 4.74 Å². The van der Waals surface area contributed by atoms with E-state index in [-0.39, 0.29) is 0 Å². The number of hydrogen-bond acceptors (Lipinski definition) is 2. The molecule has 0 atom stereocenters. The minimum absolute atomic E-state index is 0.831. The number of ether oxygens (including phenoxy) is 1. The van der Waals surface area contributed by atoms with Crippen LogP contribution in [0.1, 0.15) is 51.9 Å². The first-order valence-electron chi connectivity index (χ1n) is 6.46. The molecule has 0 saturated carbocycles. The summed E-state index contributed by atoms with van der Waals surface area (Å²) in [6, 6.07) is 3.81. The van der Waals surface area contributed by atoms with Crippen LogP contribution in [0.25, 0.3) is 0 Å². The Morgan fingerprint density at radius 1 is 0.938 bits per heavy atom. The molecule has 2 nitrogen and oxygen atoms in total. The lowest BCUT2D eigenvalue weighted by Crippen LogP contribution is -1.97. The molecular formula is C14H23NO. The summed E-state index contributed by atoms with van der Waals surface area (Å²) in [5, 5.41) is 0. The predicted octanol–water partition coefficient (Wildman–Crippen LogP) is 4.21. The average Bonchev–Trinajstić information content (AvgIpc) is 2.34. The molecule has 0 aliphatic heterocycles. The Kier molecular flexibility index (Phi) is 7.48. The van der Waals surface area contributed by atoms with Gasteiger partial charge in [-0.25, -0.2) is 0 Å². The zero-order chi connectivity index (χ0) is 11.5. The van der Waals surface area contributed by atoms with E-state index in [0.29, 0.717) is 0 Å². The highest BCUT2D eigenvalue weighted by Crippen LogP contribution is 2.10. The third-order valence-corrected chi connectivity index (χ3v) is 2.67. The smallest absolute Gasteiger partial charge is 0.122 e. The first-order chi connectivity index (χ1) is 7.93. The molecule has 0 unspecified atom stereocenters. The lowest BCUT2D eigenvalue weighted by Gasteiger charge is -2.05. The fourth-order valence-electron chi connectivity index (χ4n) is 1.68. The number of rotatable bonds is 9. The van der Waals surface area contributed by atoms with E-state index in [1.807, 2.05) is 12.1 Å². The van der Waals surface area contributed by atoms with Gasteiger partial charge in [0.1, 0.15) is 5.75 Å². The molecule has 0 aliphatic carbocycles. The van der Waals surface area contributed by atoms with Crippen LogP contribution in [0.5, 0.6) is 5.75 Å². The lowest BCUT2D eigenvalue weighted by molar-refractivity contribution is 0.304. The molecule has 0 aromatic carbocycles. The summed E-state index contributed by atoms with van der Waals surface area (Å²) in [6.07, 6.45) is 12.8. The van der Waals surface area contributed by atoms with Crippen LogP contribution in [-0.2, 0) is 0 Å². The van der Waals surface area contributed by atoms with Gasteiger partial charge in [0.15, 0.2) is 0 Å². The van der Waals surface area contributed by atoms with Crippen molar-refractivity contribution in [3.63, 3.8) is 0 Å². The molecular weight excluding hydrogens is 198 g/mol. The van der Waals surface area contributed by atoms with E-state index in [1.165, 1.54) is 38.5 Å². The minimum atomic E-state index is 0.831. The Hall–Kier alpha value is -1.05. The molecule has 0 aliphatic rings. The van der Waals surface area contributed by atoms with E-state index in [4.69, 9.17) is 4.74 Å². The Bertz CT molecular complexity index is 248. The Morgan fingerprint density at radius 3 is 2.25 bits per heavy atom. The van der Waals surface area contributed by atoms with Crippen molar-refractivity contribution in [2.75, 3.05) is 6.61 Å². The normalized spacial score (nSPS) is 10.3. The van der Waals surface area contributed by atoms with E-state index in [0.717, 1.165) is 18.8 Å². The van der Waals surface area contributed by atoms with E-state index in [9.17, 15) is 0 Å². The summed E-state index contributed by atoms with van der Waals surface area (Å²) in [7, 11) is 0. The van der Waals surface area contributed by atoms with Gasteiger partial charge in [0.25, 0.3) is 0 Å². The maximum absolute atomic E-state index is 5.59. The van der Waals surface area contributed by atoms with Gasteiger partial charge in [-0.1, -0.05) is 45.4 Å². The number of unbranched alkanes of at least 4 members (excludes halogenated alkanes) is 6. The molecule has 1 rings (SSSR count). The molecule has 0 fully saturated rings. The van der Waals surface area contributed by atoms with Gasteiger partial charge in [0.05, 0.1) is 6.61 Å². The topological polar surface area (TPSA) is 22.1 Å². The number of aromatic nitrogens is 1. The summed E-state index contributed by atoms with van der Waals surface area (Å²) in [5.41, 5.74) is 0. The second kappa shape index (κ2) is 9.20. The summed E-state index contributed by atoms with van der Waals surface area (Å²) in [6.45, 7) is 3.08. The Balaban J connectivity index is 1.89. The van der Waals surface area contributed by atoms with Crippen LogP contribution in [0.4, 0.5) is 0 Å². The van der Waals surface area contributed by atoms with Gasteiger partial charge in [0, 0.05) is 12.4 Å². The van der Waals surface area contributed by atoms with Crippen LogP contribution in [0, 0.1) is 0 Å². The first-order valence-corrected chi connectivity index (χ1v) is 6.46. The predicted molar refractivity (Wildman–Crippen MR) is 67.7 cm³/mol. The van der Waals surface area contributed by atoms with Crippen molar-refractivity contribution in [1.82, 2.24) is 4.98 Å². The van der Waals surface area contributed by atoms with Gasteiger partial charge in [-0.3, -0.25) is 4.98 Å². The van der Waals surface area contributed by atoms with Crippen LogP contribution in [0.2, 0.25) is 0 Å². The molecule has 1 aromatic heterocycles. The average molecular weight is 221 g/mol. The van der Waals surface area contributed by atoms with E-state index < -0.39 is 0 Å². The minimum Gasteiger partial charge on any atom is -0.493 e. The quantitative estimate of drug-likeness (QED) is 0.583. The van der Waals surface area contributed by atoms with E-state index >= 15 is 0 Å². The van der Waals surface area contributed by atoms with Crippen molar-refractivity contribution in [2.24, 2.45) is 0 Å². The molecule has 0 bridgehead atoms. The fraction of sp³-hybridized carbons (Fsp3) is 0.643. The molecule has 0 N–H and O–H groups in total. The third-order valence-electron chi connectivity index (χ3n) is 2.67. The van der Waals surface area contributed by atoms with Gasteiger partial charge in [-0.15, -0.1) is 0 Å². The highest BCUT2D eigenvalue weighted by molar-refractivity contribution is 5.16. The zero-order valence-electron chi connectivity index (χ0n) is 10.3. The van der Waals surface area contributed by atoms with Gasteiger partial charge in [-0.05, 0) is 18.6 Å². The highest BCUT2D eigenvalue weighted by atomic mass is 16.5. The van der Waals surface area contributed by atoms with Crippen molar-refractivity contribution in [3.05, 3.63) is 24.5 Å². The van der Waals surface area contributed by atoms with Crippen LogP contribution in [0.15, 0.2) is 24.5 Å². The van der Waals surface area contributed by atoms with Crippen LogP contribution < -0.4 is 4.74 Å². The highest BCUT2D eigenvalue weighted by Gasteiger charge is 1.93. The number of nitrogens with zero attached hydrogens (tertiary/aromatic N) is 1. The Labute approximate surface area is 99.0 Å². The summed E-state index contributed by atoms with van der Waals surface area (Å²) < 4.78 is 5.59. The molecule has 0 spiro atoms. The van der Waals surface area contributed by atoms with Gasteiger partial charge < -0.3 is 4.74 Å². The number of pyridine rings is 1. The SMILES string of the molecule is CCCCCCCCCOc1ccncc1. The van der Waals surface area contributed by atoms with Gasteiger partial charge >= 0.3 is 0 Å². The molecule has 0 amide bonds. The van der Waals surface area contributed by atoms with Crippen molar-refractivity contribution in [2.45, 2.75) is 51.9 Å². The second-order valence-electron chi connectivity index (χ2n) is 4.15. The molecule has 1 heterocycles. The van der Waals surface area contributed by atoms with Crippen LogP contribution in [0.3, 0.4) is 0 Å². The zero-order valence-corrected chi connectivity index (χ0v) is 10.3. The fourth-order valence-corrected chi connectivity index (χ4v) is 1.68. The summed E-state index contributed by atoms with van der Waals surface area (Å²) in [5.74, 6) is 0.931. The molecule has 2 heteroatoms. The van der Waals surface area contributed by atoms with Crippen LogP contribution in [-0.4, -0.2) is 11.6 Å². The number of hydrogen-bond donors (Lipinski definition) is 0. The lowest BCUT2D eigenvalue weighted by atomic mass is 10.1. The van der Waals surface area contributed by atoms with Gasteiger partial charge in [-0.2, -0.15) is 0 Å². The maximum atomic E-state index is 5.59. The summed E-state index contributed by atoms with van der Waals surface area (Å²) >= 11 is 0.